The number of hydrogen-bond acceptors (Lipinski definition) is 6. The molecular formula is C26H33N5O2S. The summed E-state index contributed by atoms with van der Waals surface area (Å²) in [7, 11) is 4.05. The zero-order chi connectivity index (χ0) is 24.1. The van der Waals surface area contributed by atoms with Gasteiger partial charge in [0.05, 0.1) is 11.9 Å². The van der Waals surface area contributed by atoms with Gasteiger partial charge in [0.1, 0.15) is 6.33 Å². The lowest BCUT2D eigenvalue weighted by Gasteiger charge is -2.26. The third-order valence-corrected chi connectivity index (χ3v) is 7.16. The molecule has 0 bridgehead atoms. The minimum atomic E-state index is 0.0758. The van der Waals surface area contributed by atoms with E-state index in [-0.39, 0.29) is 12.0 Å². The summed E-state index contributed by atoms with van der Waals surface area (Å²) in [5.41, 5.74) is 5.70. The van der Waals surface area contributed by atoms with Gasteiger partial charge in [-0.05, 0) is 67.6 Å². The van der Waals surface area contributed by atoms with Gasteiger partial charge in [-0.1, -0.05) is 30.0 Å². The molecule has 1 saturated heterocycles. The van der Waals surface area contributed by atoms with E-state index < -0.39 is 0 Å². The van der Waals surface area contributed by atoms with Crippen LogP contribution in [-0.4, -0.2) is 64.7 Å². The Kier molecular flexibility index (Phi) is 7.90. The van der Waals surface area contributed by atoms with Gasteiger partial charge in [-0.15, -0.1) is 10.2 Å². The molecule has 1 atom stereocenters. The molecule has 180 valence electrons. The molecule has 4 rings (SSSR count). The summed E-state index contributed by atoms with van der Waals surface area (Å²) in [6.07, 6.45) is 3.86. The summed E-state index contributed by atoms with van der Waals surface area (Å²) >= 11 is 1.42. The van der Waals surface area contributed by atoms with E-state index >= 15 is 0 Å². The number of aromatic nitrogens is 3. The number of carbonyl (C=O) groups excluding carboxylic acids is 1. The molecule has 1 aromatic heterocycles. The fourth-order valence-electron chi connectivity index (χ4n) is 4.00. The van der Waals surface area contributed by atoms with Crippen molar-refractivity contribution < 1.29 is 9.53 Å². The molecule has 34 heavy (non-hydrogen) atoms. The molecule has 2 heterocycles. The molecular weight excluding hydrogens is 446 g/mol. The molecule has 1 aliphatic rings. The average molecular weight is 480 g/mol. The predicted molar refractivity (Wildman–Crippen MR) is 137 cm³/mol. The Hall–Kier alpha value is -2.84. The van der Waals surface area contributed by atoms with Gasteiger partial charge < -0.3 is 14.5 Å². The summed E-state index contributed by atoms with van der Waals surface area (Å²) < 4.78 is 7.78. The Labute approximate surface area is 206 Å². The van der Waals surface area contributed by atoms with Gasteiger partial charge in [-0.2, -0.15) is 0 Å². The number of benzene rings is 2. The number of carbonyl (C=O) groups is 1. The number of anilines is 1. The number of thioether (sulfide) groups is 1. The molecule has 2 aromatic carbocycles. The molecule has 0 saturated carbocycles. The highest BCUT2D eigenvalue weighted by Crippen LogP contribution is 2.23. The van der Waals surface area contributed by atoms with Crippen LogP contribution in [0.1, 0.15) is 29.5 Å². The molecule has 0 radical (unpaired) electrons. The lowest BCUT2D eigenvalue weighted by atomic mass is 10.1. The Morgan fingerprint density at radius 1 is 1.15 bits per heavy atom. The molecule has 0 N–H and O–H groups in total. The molecule has 1 fully saturated rings. The number of hydrogen-bond donors (Lipinski definition) is 0. The summed E-state index contributed by atoms with van der Waals surface area (Å²) in [5.74, 6) is 0.373. The predicted octanol–water partition coefficient (Wildman–Crippen LogP) is 4.25. The van der Waals surface area contributed by atoms with Crippen molar-refractivity contribution >= 4 is 23.4 Å². The van der Waals surface area contributed by atoms with Gasteiger partial charge in [-0.25, -0.2) is 0 Å². The largest absolute Gasteiger partial charge is 0.378 e. The highest BCUT2D eigenvalue weighted by molar-refractivity contribution is 7.99. The fraction of sp³-hybridized carbons (Fsp3) is 0.423. The van der Waals surface area contributed by atoms with E-state index in [1.165, 1.54) is 22.9 Å². The zero-order valence-corrected chi connectivity index (χ0v) is 21.2. The maximum Gasteiger partial charge on any atom is 0.233 e. The number of rotatable bonds is 9. The van der Waals surface area contributed by atoms with Crippen molar-refractivity contribution in [3.63, 3.8) is 0 Å². The van der Waals surface area contributed by atoms with E-state index in [9.17, 15) is 4.79 Å². The first kappa shape index (κ1) is 24.3. The van der Waals surface area contributed by atoms with Gasteiger partial charge in [0.2, 0.25) is 5.91 Å². The van der Waals surface area contributed by atoms with E-state index in [1.54, 1.807) is 6.33 Å². The lowest BCUT2D eigenvalue weighted by molar-refractivity contribution is -0.130. The van der Waals surface area contributed by atoms with E-state index in [1.807, 2.05) is 23.6 Å². The van der Waals surface area contributed by atoms with Crippen LogP contribution >= 0.6 is 11.8 Å². The van der Waals surface area contributed by atoms with E-state index in [4.69, 9.17) is 4.74 Å². The molecule has 1 aliphatic heterocycles. The van der Waals surface area contributed by atoms with Gasteiger partial charge in [0.25, 0.3) is 0 Å². The first-order valence-electron chi connectivity index (χ1n) is 11.7. The Morgan fingerprint density at radius 3 is 2.62 bits per heavy atom. The molecule has 0 aliphatic carbocycles. The van der Waals surface area contributed by atoms with E-state index in [2.05, 4.69) is 71.4 Å². The second-order valence-corrected chi connectivity index (χ2v) is 9.95. The topological polar surface area (TPSA) is 63.5 Å². The standard InChI is InChI=1S/C26H33N5O2S/c1-19-7-10-23(14-20(19)2)31-18-27-28-26(31)34-17-25(32)30(16-24-6-5-13-33-24)15-21-8-11-22(12-9-21)29(3)4/h7-12,14,18,24H,5-6,13,15-17H2,1-4H3. The molecule has 1 unspecified atom stereocenters. The van der Waals surface area contributed by atoms with Crippen LogP contribution in [0.15, 0.2) is 53.9 Å². The Bertz CT molecular complexity index is 1110. The van der Waals surface area contributed by atoms with E-state index in [0.29, 0.717) is 24.0 Å². The first-order valence-corrected chi connectivity index (χ1v) is 12.7. The minimum Gasteiger partial charge on any atom is -0.378 e. The van der Waals surface area contributed by atoms with E-state index in [0.717, 1.165) is 36.4 Å². The van der Waals surface area contributed by atoms with Crippen LogP contribution in [0, 0.1) is 13.8 Å². The number of ether oxygens (including phenoxy) is 1. The monoisotopic (exact) mass is 479 g/mol. The van der Waals surface area contributed by atoms with Gasteiger partial charge in [-0.3, -0.25) is 9.36 Å². The average Bonchev–Trinajstić information content (AvgIpc) is 3.51. The molecule has 3 aromatic rings. The van der Waals surface area contributed by atoms with Crippen LogP contribution in [0.3, 0.4) is 0 Å². The van der Waals surface area contributed by atoms with Crippen molar-refractivity contribution in [1.82, 2.24) is 19.7 Å². The van der Waals surface area contributed by atoms with Crippen molar-refractivity contribution in [1.29, 1.82) is 0 Å². The van der Waals surface area contributed by atoms with Crippen molar-refractivity contribution in [2.24, 2.45) is 0 Å². The van der Waals surface area contributed by atoms with Gasteiger partial charge in [0.15, 0.2) is 5.16 Å². The maximum absolute atomic E-state index is 13.3. The first-order chi connectivity index (χ1) is 16.4. The molecule has 1 amide bonds. The molecule has 7 nitrogen and oxygen atoms in total. The minimum absolute atomic E-state index is 0.0758. The van der Waals surface area contributed by atoms with Gasteiger partial charge in [0, 0.05) is 45.2 Å². The van der Waals surface area contributed by atoms with Gasteiger partial charge >= 0.3 is 0 Å². The normalized spacial score (nSPS) is 15.5. The number of amides is 1. The SMILES string of the molecule is Cc1ccc(-n2cnnc2SCC(=O)N(Cc2ccc(N(C)C)cc2)CC2CCCO2)cc1C. The Morgan fingerprint density at radius 2 is 1.94 bits per heavy atom. The van der Waals surface area contributed by atoms with Crippen LogP contribution in [0.2, 0.25) is 0 Å². The smallest absolute Gasteiger partial charge is 0.233 e. The molecule has 8 heteroatoms. The quantitative estimate of drug-likeness (QED) is 0.428. The number of aryl methyl sites for hydroxylation is 2. The summed E-state index contributed by atoms with van der Waals surface area (Å²) in [5, 5.41) is 9.07. The molecule has 0 spiro atoms. The zero-order valence-electron chi connectivity index (χ0n) is 20.4. The third kappa shape index (κ3) is 5.98. The summed E-state index contributed by atoms with van der Waals surface area (Å²) in [6.45, 7) is 6.14. The second kappa shape index (κ2) is 11.1. The van der Waals surface area contributed by atoms with Crippen molar-refractivity contribution in [2.75, 3.05) is 37.9 Å². The van der Waals surface area contributed by atoms with Crippen LogP contribution in [-0.2, 0) is 16.1 Å². The fourth-order valence-corrected chi connectivity index (χ4v) is 4.83. The third-order valence-electron chi connectivity index (χ3n) is 6.24. The maximum atomic E-state index is 13.3. The number of nitrogens with zero attached hydrogens (tertiary/aromatic N) is 5. The van der Waals surface area contributed by atoms with Crippen LogP contribution in [0.5, 0.6) is 0 Å². The van der Waals surface area contributed by atoms with Crippen LogP contribution in [0.4, 0.5) is 5.69 Å². The van der Waals surface area contributed by atoms with Crippen molar-refractivity contribution in [3.8, 4) is 5.69 Å². The van der Waals surface area contributed by atoms with Crippen LogP contribution in [0.25, 0.3) is 5.69 Å². The highest BCUT2D eigenvalue weighted by Gasteiger charge is 2.23. The summed E-state index contributed by atoms with van der Waals surface area (Å²) in [4.78, 5) is 17.3. The van der Waals surface area contributed by atoms with Crippen molar-refractivity contribution in [2.45, 2.75) is 44.5 Å². The lowest BCUT2D eigenvalue weighted by Crippen LogP contribution is -2.38. The summed E-state index contributed by atoms with van der Waals surface area (Å²) in [6, 6.07) is 14.6. The van der Waals surface area contributed by atoms with Crippen molar-refractivity contribution in [3.05, 3.63) is 65.5 Å². The second-order valence-electron chi connectivity index (χ2n) is 9.01. The Balaban J connectivity index is 1.45. The van der Waals surface area contributed by atoms with Crippen LogP contribution < -0.4 is 4.90 Å². The highest BCUT2D eigenvalue weighted by atomic mass is 32.2.